The monoisotopic (exact) mass is 215 g/mol. The molecule has 0 radical (unpaired) electrons. The second kappa shape index (κ2) is 3.91. The third kappa shape index (κ3) is 1.53. The Morgan fingerprint density at radius 2 is 2.25 bits per heavy atom. The number of hydrogen-bond acceptors (Lipinski definition) is 3. The Hall–Kier alpha value is -1.93. The van der Waals surface area contributed by atoms with Crippen molar-refractivity contribution < 1.29 is 4.79 Å². The molecule has 2 heterocycles. The molecule has 2 rings (SSSR count). The summed E-state index contributed by atoms with van der Waals surface area (Å²) in [6, 6.07) is 3.65. The van der Waals surface area contributed by atoms with Crippen LogP contribution in [0.1, 0.15) is 31.3 Å². The molecule has 4 heteroatoms. The number of aliphatic imine (C=N–C) groups is 1. The Morgan fingerprint density at radius 3 is 2.88 bits per heavy atom. The van der Waals surface area contributed by atoms with E-state index in [4.69, 9.17) is 0 Å². The Kier molecular flexibility index (Phi) is 2.59. The van der Waals surface area contributed by atoms with Gasteiger partial charge in [0.1, 0.15) is 11.5 Å². The standard InChI is InChI=1S/C12H13N3O/c1-8(2)12-14-9(3)11-10(13-7-16)5-4-6-15(11)12/h4-6,8H,1-3H3. The molecule has 4 nitrogen and oxygen atoms in total. The highest BCUT2D eigenvalue weighted by molar-refractivity contribution is 5.74. The predicted molar refractivity (Wildman–Crippen MR) is 61.8 cm³/mol. The fourth-order valence-corrected chi connectivity index (χ4v) is 1.87. The van der Waals surface area contributed by atoms with E-state index in [9.17, 15) is 4.79 Å². The molecule has 0 N–H and O–H groups in total. The molecular formula is C12H13N3O. The van der Waals surface area contributed by atoms with Crippen molar-refractivity contribution in [3.63, 3.8) is 0 Å². The zero-order chi connectivity index (χ0) is 11.7. The zero-order valence-corrected chi connectivity index (χ0v) is 9.56. The van der Waals surface area contributed by atoms with E-state index in [1.54, 1.807) is 12.1 Å². The second-order valence-electron chi connectivity index (χ2n) is 4.03. The van der Waals surface area contributed by atoms with Crippen LogP contribution >= 0.6 is 0 Å². The van der Waals surface area contributed by atoms with Crippen LogP contribution < -0.4 is 0 Å². The number of carbonyl (C=O) groups excluding carboxylic acids is 1. The van der Waals surface area contributed by atoms with Crippen LogP contribution in [-0.4, -0.2) is 15.5 Å². The average molecular weight is 215 g/mol. The van der Waals surface area contributed by atoms with Crippen LogP contribution in [0.4, 0.5) is 5.69 Å². The highest BCUT2D eigenvalue weighted by Gasteiger charge is 2.13. The van der Waals surface area contributed by atoms with Crippen LogP contribution in [0.15, 0.2) is 23.3 Å². The van der Waals surface area contributed by atoms with Crippen molar-refractivity contribution >= 4 is 17.3 Å². The van der Waals surface area contributed by atoms with Crippen molar-refractivity contribution in [3.05, 3.63) is 29.8 Å². The lowest BCUT2D eigenvalue weighted by atomic mass is 10.2. The fourth-order valence-electron chi connectivity index (χ4n) is 1.87. The van der Waals surface area contributed by atoms with Gasteiger partial charge in [0.25, 0.3) is 0 Å². The first-order chi connectivity index (χ1) is 7.65. The molecule has 0 saturated heterocycles. The second-order valence-corrected chi connectivity index (χ2v) is 4.03. The van der Waals surface area contributed by atoms with E-state index in [0.717, 1.165) is 17.0 Å². The van der Waals surface area contributed by atoms with E-state index in [-0.39, 0.29) is 0 Å². The summed E-state index contributed by atoms with van der Waals surface area (Å²) in [6.07, 6.45) is 3.51. The van der Waals surface area contributed by atoms with Gasteiger partial charge in [0.2, 0.25) is 6.08 Å². The molecule has 0 fully saturated rings. The smallest absolute Gasteiger partial charge is 0.240 e. The molecule has 0 aliphatic carbocycles. The molecule has 0 bridgehead atoms. The number of fused-ring (bicyclic) bond motifs is 1. The molecule has 0 aliphatic rings. The SMILES string of the molecule is Cc1nc(C(C)C)n2cccc(N=C=O)c12. The van der Waals surface area contributed by atoms with Gasteiger partial charge in [-0.3, -0.25) is 0 Å². The number of rotatable bonds is 2. The van der Waals surface area contributed by atoms with Crippen molar-refractivity contribution in [3.8, 4) is 0 Å². The molecule has 0 saturated carbocycles. The van der Waals surface area contributed by atoms with Gasteiger partial charge >= 0.3 is 0 Å². The van der Waals surface area contributed by atoms with Crippen LogP contribution in [-0.2, 0) is 4.79 Å². The summed E-state index contributed by atoms with van der Waals surface area (Å²) in [4.78, 5) is 18.6. The van der Waals surface area contributed by atoms with Crippen molar-refractivity contribution in [2.75, 3.05) is 0 Å². The van der Waals surface area contributed by atoms with Crippen LogP contribution in [0.3, 0.4) is 0 Å². The van der Waals surface area contributed by atoms with Gasteiger partial charge in [-0.05, 0) is 19.1 Å². The van der Waals surface area contributed by atoms with Crippen LogP contribution in [0.25, 0.3) is 5.52 Å². The lowest BCUT2D eigenvalue weighted by Gasteiger charge is -2.04. The van der Waals surface area contributed by atoms with Crippen molar-refractivity contribution in [1.29, 1.82) is 0 Å². The Labute approximate surface area is 93.7 Å². The van der Waals surface area contributed by atoms with Crippen LogP contribution in [0.2, 0.25) is 0 Å². The van der Waals surface area contributed by atoms with Crippen molar-refractivity contribution in [1.82, 2.24) is 9.38 Å². The van der Waals surface area contributed by atoms with Gasteiger partial charge in [0, 0.05) is 12.1 Å². The molecule has 0 aromatic carbocycles. The number of isocyanates is 1. The molecule has 2 aromatic heterocycles. The fraction of sp³-hybridized carbons (Fsp3) is 0.333. The minimum Gasteiger partial charge on any atom is -0.301 e. The van der Waals surface area contributed by atoms with E-state index in [2.05, 4.69) is 23.8 Å². The van der Waals surface area contributed by atoms with E-state index >= 15 is 0 Å². The number of aryl methyl sites for hydroxylation is 1. The van der Waals surface area contributed by atoms with Gasteiger partial charge in [-0.2, -0.15) is 4.99 Å². The maximum Gasteiger partial charge on any atom is 0.240 e. The van der Waals surface area contributed by atoms with Gasteiger partial charge in [0.15, 0.2) is 0 Å². The molecule has 16 heavy (non-hydrogen) atoms. The minimum absolute atomic E-state index is 0.330. The average Bonchev–Trinajstić information content (AvgIpc) is 2.58. The van der Waals surface area contributed by atoms with Crippen LogP contribution in [0, 0.1) is 6.92 Å². The quantitative estimate of drug-likeness (QED) is 0.571. The molecular weight excluding hydrogens is 202 g/mol. The van der Waals surface area contributed by atoms with Gasteiger partial charge in [0.05, 0.1) is 11.2 Å². The van der Waals surface area contributed by atoms with E-state index in [1.807, 2.05) is 23.6 Å². The summed E-state index contributed by atoms with van der Waals surface area (Å²) >= 11 is 0. The molecule has 0 spiro atoms. The lowest BCUT2D eigenvalue weighted by molar-refractivity contribution is 0.565. The summed E-state index contributed by atoms with van der Waals surface area (Å²) in [7, 11) is 0. The van der Waals surface area contributed by atoms with Crippen LogP contribution in [0.5, 0.6) is 0 Å². The highest BCUT2D eigenvalue weighted by Crippen LogP contribution is 2.26. The Balaban J connectivity index is 2.84. The summed E-state index contributed by atoms with van der Waals surface area (Å²) < 4.78 is 1.98. The predicted octanol–water partition coefficient (Wildman–Crippen LogP) is 2.73. The minimum atomic E-state index is 0.330. The summed E-state index contributed by atoms with van der Waals surface area (Å²) in [5.41, 5.74) is 2.39. The summed E-state index contributed by atoms with van der Waals surface area (Å²) in [5.74, 6) is 1.31. The maximum absolute atomic E-state index is 10.3. The van der Waals surface area contributed by atoms with Gasteiger partial charge in [-0.25, -0.2) is 9.78 Å². The molecule has 0 amide bonds. The van der Waals surface area contributed by atoms with Gasteiger partial charge in [-0.15, -0.1) is 0 Å². The largest absolute Gasteiger partial charge is 0.301 e. The van der Waals surface area contributed by atoms with Gasteiger partial charge in [-0.1, -0.05) is 13.8 Å². The van der Waals surface area contributed by atoms with Crippen molar-refractivity contribution in [2.45, 2.75) is 26.7 Å². The molecule has 2 aromatic rings. The van der Waals surface area contributed by atoms with Gasteiger partial charge < -0.3 is 4.40 Å². The summed E-state index contributed by atoms with van der Waals surface area (Å²) in [6.45, 7) is 6.10. The maximum atomic E-state index is 10.3. The van der Waals surface area contributed by atoms with E-state index in [1.165, 1.54) is 0 Å². The first-order valence-electron chi connectivity index (χ1n) is 5.20. The Bertz CT molecular complexity index is 577. The van der Waals surface area contributed by atoms with Crippen molar-refractivity contribution in [2.24, 2.45) is 4.99 Å². The summed E-state index contributed by atoms with van der Waals surface area (Å²) in [5, 5.41) is 0. The topological polar surface area (TPSA) is 46.7 Å². The number of aromatic nitrogens is 2. The normalized spacial score (nSPS) is 10.8. The van der Waals surface area contributed by atoms with E-state index < -0.39 is 0 Å². The first kappa shape index (κ1) is 10.6. The third-order valence-electron chi connectivity index (χ3n) is 2.53. The number of pyridine rings is 1. The van der Waals surface area contributed by atoms with E-state index in [0.29, 0.717) is 11.6 Å². The number of imidazole rings is 1. The molecule has 0 unspecified atom stereocenters. The highest BCUT2D eigenvalue weighted by atomic mass is 16.1. The zero-order valence-electron chi connectivity index (χ0n) is 9.56. The third-order valence-corrected chi connectivity index (χ3v) is 2.53. The number of nitrogens with zero attached hydrogens (tertiary/aromatic N) is 3. The Morgan fingerprint density at radius 1 is 1.50 bits per heavy atom. The first-order valence-corrected chi connectivity index (χ1v) is 5.20. The lowest BCUT2D eigenvalue weighted by Crippen LogP contribution is -1.95. The number of hydrogen-bond donors (Lipinski definition) is 0. The molecule has 0 aliphatic heterocycles. The molecule has 82 valence electrons. The molecule has 0 atom stereocenters.